The van der Waals surface area contributed by atoms with Gasteiger partial charge in [0, 0.05) is 31.7 Å². The summed E-state index contributed by atoms with van der Waals surface area (Å²) in [5.41, 5.74) is 9.75. The van der Waals surface area contributed by atoms with Crippen LogP contribution in [0.5, 0.6) is 0 Å². The monoisotopic (exact) mass is 372 g/mol. The fourth-order valence-corrected chi connectivity index (χ4v) is 4.04. The predicted molar refractivity (Wildman–Crippen MR) is 109 cm³/mol. The van der Waals surface area contributed by atoms with Gasteiger partial charge in [-0.3, -0.25) is 4.79 Å². The van der Waals surface area contributed by atoms with E-state index in [1.165, 1.54) is 0 Å². The lowest BCUT2D eigenvalue weighted by Gasteiger charge is -2.34. The molecule has 1 aliphatic rings. The SMILES string of the molecule is COCCCCC(=O)c1ccc2[nH]c(N)c(C3CCN(C(C)C)CC3)c2n1. The van der Waals surface area contributed by atoms with Gasteiger partial charge in [-0.1, -0.05) is 0 Å². The minimum atomic E-state index is 0.0911. The van der Waals surface area contributed by atoms with E-state index in [4.69, 9.17) is 15.5 Å². The summed E-state index contributed by atoms with van der Waals surface area (Å²) in [6.45, 7) is 7.32. The second kappa shape index (κ2) is 8.85. The van der Waals surface area contributed by atoms with Gasteiger partial charge in [0.15, 0.2) is 5.78 Å². The summed E-state index contributed by atoms with van der Waals surface area (Å²) in [7, 11) is 1.68. The highest BCUT2D eigenvalue weighted by atomic mass is 16.5. The van der Waals surface area contributed by atoms with Crippen molar-refractivity contribution in [2.45, 2.75) is 57.9 Å². The number of unbranched alkanes of at least 4 members (excludes halogenated alkanes) is 1. The van der Waals surface area contributed by atoms with Crippen molar-refractivity contribution in [1.29, 1.82) is 0 Å². The van der Waals surface area contributed by atoms with Crippen LogP contribution >= 0.6 is 0 Å². The number of H-pyrrole nitrogens is 1. The van der Waals surface area contributed by atoms with Crippen molar-refractivity contribution in [3.05, 3.63) is 23.4 Å². The standard InChI is InChI=1S/C21H32N4O2/c1-14(2)25-11-9-15(10-12-25)19-20-17(24-21(19)22)8-7-16(23-20)18(26)6-4-5-13-27-3/h7-8,14-15,24H,4-6,9-13,22H2,1-3H3. The largest absolute Gasteiger partial charge is 0.385 e. The van der Waals surface area contributed by atoms with Gasteiger partial charge < -0.3 is 20.4 Å². The lowest BCUT2D eigenvalue weighted by molar-refractivity contribution is 0.0970. The highest BCUT2D eigenvalue weighted by molar-refractivity contribution is 5.97. The lowest BCUT2D eigenvalue weighted by atomic mass is 9.89. The molecule has 0 aromatic carbocycles. The number of hydrogen-bond acceptors (Lipinski definition) is 5. The Bertz CT molecular complexity index is 776. The second-order valence-electron chi connectivity index (χ2n) is 7.82. The number of rotatable bonds is 8. The molecule has 27 heavy (non-hydrogen) atoms. The molecule has 2 aromatic rings. The Hall–Kier alpha value is -1.92. The quantitative estimate of drug-likeness (QED) is 0.545. The van der Waals surface area contributed by atoms with Gasteiger partial charge in [0.25, 0.3) is 0 Å². The summed E-state index contributed by atoms with van der Waals surface area (Å²) in [5, 5.41) is 0. The Morgan fingerprint density at radius 2 is 2.07 bits per heavy atom. The summed E-state index contributed by atoms with van der Waals surface area (Å²) in [5.74, 6) is 1.19. The number of carbonyl (C=O) groups is 1. The highest BCUT2D eigenvalue weighted by Crippen LogP contribution is 2.36. The third kappa shape index (κ3) is 4.50. The van der Waals surface area contributed by atoms with Crippen LogP contribution in [0.25, 0.3) is 11.0 Å². The molecular weight excluding hydrogens is 340 g/mol. The molecule has 1 fully saturated rings. The van der Waals surface area contributed by atoms with Gasteiger partial charge in [-0.05, 0) is 70.7 Å². The van der Waals surface area contributed by atoms with E-state index in [9.17, 15) is 4.79 Å². The van der Waals surface area contributed by atoms with Gasteiger partial charge in [0.1, 0.15) is 11.5 Å². The number of hydrogen-bond donors (Lipinski definition) is 2. The van der Waals surface area contributed by atoms with Crippen LogP contribution in [-0.2, 0) is 4.74 Å². The molecule has 0 radical (unpaired) electrons. The first kappa shape index (κ1) is 19.8. The zero-order chi connectivity index (χ0) is 19.4. The molecule has 0 unspecified atom stereocenters. The van der Waals surface area contributed by atoms with Gasteiger partial charge >= 0.3 is 0 Å². The van der Waals surface area contributed by atoms with Crippen LogP contribution in [0.4, 0.5) is 5.82 Å². The van der Waals surface area contributed by atoms with E-state index in [-0.39, 0.29) is 5.78 Å². The molecule has 0 amide bonds. The maximum absolute atomic E-state index is 12.5. The number of carbonyl (C=O) groups excluding carboxylic acids is 1. The van der Waals surface area contributed by atoms with Gasteiger partial charge in [-0.2, -0.15) is 0 Å². The molecule has 148 valence electrons. The fourth-order valence-electron chi connectivity index (χ4n) is 4.04. The molecule has 3 rings (SSSR count). The van der Waals surface area contributed by atoms with Gasteiger partial charge in [-0.15, -0.1) is 0 Å². The van der Waals surface area contributed by atoms with Crippen LogP contribution < -0.4 is 5.73 Å². The number of nitrogens with two attached hydrogens (primary N) is 1. The third-order valence-corrected chi connectivity index (χ3v) is 5.67. The number of ketones is 1. The molecular formula is C21H32N4O2. The molecule has 6 nitrogen and oxygen atoms in total. The van der Waals surface area contributed by atoms with Crippen molar-refractivity contribution in [3.63, 3.8) is 0 Å². The number of pyridine rings is 1. The fraction of sp³-hybridized carbons (Fsp3) is 0.619. The summed E-state index contributed by atoms with van der Waals surface area (Å²) in [6, 6.07) is 4.32. The van der Waals surface area contributed by atoms with Gasteiger partial charge in [0.05, 0.1) is 11.0 Å². The predicted octanol–water partition coefficient (Wildman–Crippen LogP) is 3.73. The number of nitrogen functional groups attached to an aromatic ring is 1. The normalized spacial score (nSPS) is 16.4. The van der Waals surface area contributed by atoms with E-state index >= 15 is 0 Å². The zero-order valence-corrected chi connectivity index (χ0v) is 16.8. The van der Waals surface area contributed by atoms with E-state index in [1.54, 1.807) is 7.11 Å². The smallest absolute Gasteiger partial charge is 0.181 e. The molecule has 1 saturated heterocycles. The van der Waals surface area contributed by atoms with E-state index in [1.807, 2.05) is 12.1 Å². The topological polar surface area (TPSA) is 84.2 Å². The molecule has 6 heteroatoms. The first-order valence-electron chi connectivity index (χ1n) is 10.1. The van der Waals surface area contributed by atoms with E-state index in [0.29, 0.717) is 36.5 Å². The Balaban J connectivity index is 1.78. The van der Waals surface area contributed by atoms with Crippen LogP contribution in [0.15, 0.2) is 12.1 Å². The number of likely N-dealkylation sites (tertiary alicyclic amines) is 1. The molecule has 0 spiro atoms. The van der Waals surface area contributed by atoms with Crippen LogP contribution in [0.3, 0.4) is 0 Å². The number of anilines is 1. The molecule has 0 aliphatic carbocycles. The van der Waals surface area contributed by atoms with Gasteiger partial charge in [-0.25, -0.2) is 4.98 Å². The Morgan fingerprint density at radius 1 is 1.33 bits per heavy atom. The van der Waals surface area contributed by atoms with Crippen LogP contribution in [-0.4, -0.2) is 53.5 Å². The van der Waals surface area contributed by atoms with Gasteiger partial charge in [0.2, 0.25) is 0 Å². The number of methoxy groups -OCH3 is 1. The second-order valence-corrected chi connectivity index (χ2v) is 7.82. The van der Waals surface area contributed by atoms with Crippen LogP contribution in [0.1, 0.15) is 67.9 Å². The Kier molecular flexibility index (Phi) is 6.50. The van der Waals surface area contributed by atoms with Crippen LogP contribution in [0.2, 0.25) is 0 Å². The van der Waals surface area contributed by atoms with E-state index in [0.717, 1.165) is 55.4 Å². The maximum atomic E-state index is 12.5. The summed E-state index contributed by atoms with van der Waals surface area (Å²) in [6.07, 6.45) is 4.37. The molecule has 3 heterocycles. The first-order chi connectivity index (χ1) is 13.0. The summed E-state index contributed by atoms with van der Waals surface area (Å²) < 4.78 is 5.05. The highest BCUT2D eigenvalue weighted by Gasteiger charge is 2.27. The molecule has 0 bridgehead atoms. The molecule has 1 aliphatic heterocycles. The summed E-state index contributed by atoms with van der Waals surface area (Å²) in [4.78, 5) is 23.0. The number of aromatic nitrogens is 2. The minimum Gasteiger partial charge on any atom is -0.385 e. The number of fused-ring (bicyclic) bond motifs is 1. The number of aromatic amines is 1. The van der Waals surface area contributed by atoms with Crippen molar-refractivity contribution in [3.8, 4) is 0 Å². The number of piperidine rings is 1. The minimum absolute atomic E-state index is 0.0911. The number of ether oxygens (including phenoxy) is 1. The molecule has 0 atom stereocenters. The van der Waals surface area contributed by atoms with Crippen molar-refractivity contribution in [1.82, 2.24) is 14.9 Å². The van der Waals surface area contributed by atoms with E-state index < -0.39 is 0 Å². The van der Waals surface area contributed by atoms with Crippen molar-refractivity contribution >= 4 is 22.6 Å². The van der Waals surface area contributed by atoms with Crippen molar-refractivity contribution < 1.29 is 9.53 Å². The summed E-state index contributed by atoms with van der Waals surface area (Å²) >= 11 is 0. The third-order valence-electron chi connectivity index (χ3n) is 5.67. The average Bonchev–Trinajstić information content (AvgIpc) is 3.00. The molecule has 3 N–H and O–H groups in total. The Morgan fingerprint density at radius 3 is 2.74 bits per heavy atom. The molecule has 2 aromatic heterocycles. The number of nitrogens with zero attached hydrogens (tertiary/aromatic N) is 2. The zero-order valence-electron chi connectivity index (χ0n) is 16.8. The average molecular weight is 373 g/mol. The number of nitrogens with one attached hydrogen (secondary N) is 1. The van der Waals surface area contributed by atoms with Crippen molar-refractivity contribution in [2.75, 3.05) is 32.5 Å². The van der Waals surface area contributed by atoms with E-state index in [2.05, 4.69) is 23.7 Å². The van der Waals surface area contributed by atoms with Crippen molar-refractivity contribution in [2.24, 2.45) is 0 Å². The van der Waals surface area contributed by atoms with Crippen LogP contribution in [0, 0.1) is 0 Å². The lowest BCUT2D eigenvalue weighted by Crippen LogP contribution is -2.37. The number of Topliss-reactive ketones (excluding diaryl/α,β-unsaturated/α-hetero) is 1. The molecule has 0 saturated carbocycles. The maximum Gasteiger partial charge on any atom is 0.181 e. The Labute approximate surface area is 161 Å². The first-order valence-corrected chi connectivity index (χ1v) is 10.1.